The summed E-state index contributed by atoms with van der Waals surface area (Å²) in [6, 6.07) is 10.3. The molecule has 20 heavy (non-hydrogen) atoms. The number of nitrogens with two attached hydrogens (primary N) is 1. The van der Waals surface area contributed by atoms with Crippen molar-refractivity contribution in [1.82, 2.24) is 0 Å². The van der Waals surface area contributed by atoms with Gasteiger partial charge in [0.25, 0.3) is 5.69 Å². The first-order valence-corrected chi connectivity index (χ1v) is 6.72. The summed E-state index contributed by atoms with van der Waals surface area (Å²) >= 11 is 3.21. The van der Waals surface area contributed by atoms with Gasteiger partial charge in [0.15, 0.2) is 0 Å². The summed E-state index contributed by atoms with van der Waals surface area (Å²) in [5.41, 5.74) is 7.44. The predicted octanol–water partition coefficient (Wildman–Crippen LogP) is 3.92. The number of aryl methyl sites for hydroxylation is 1. The molecule has 0 aliphatic rings. The third-order valence-corrected chi connectivity index (χ3v) is 3.64. The van der Waals surface area contributed by atoms with E-state index in [4.69, 9.17) is 10.5 Å². The smallest absolute Gasteiger partial charge is 0.287 e. The molecule has 0 heterocycles. The summed E-state index contributed by atoms with van der Waals surface area (Å²) in [5, 5.41) is 10.9. The van der Waals surface area contributed by atoms with Gasteiger partial charge in [0, 0.05) is 12.6 Å². The fourth-order valence-electron chi connectivity index (χ4n) is 1.72. The molecule has 0 aliphatic heterocycles. The van der Waals surface area contributed by atoms with Gasteiger partial charge < -0.3 is 10.5 Å². The predicted molar refractivity (Wildman–Crippen MR) is 79.9 cm³/mol. The van der Waals surface area contributed by atoms with Crippen molar-refractivity contribution in [3.05, 3.63) is 62.1 Å². The minimum absolute atomic E-state index is 0.0323. The van der Waals surface area contributed by atoms with E-state index in [-0.39, 0.29) is 5.69 Å². The standard InChI is InChI=1S/C14H13BrN2O3/c1-9-5-6-10(8-16)7-13(9)20-12-4-2-3-11(14(12)15)17(18)19/h2-7H,8,16H2,1H3. The quantitative estimate of drug-likeness (QED) is 0.677. The van der Waals surface area contributed by atoms with E-state index < -0.39 is 4.92 Å². The van der Waals surface area contributed by atoms with Crippen molar-refractivity contribution >= 4 is 21.6 Å². The molecule has 0 unspecified atom stereocenters. The zero-order valence-electron chi connectivity index (χ0n) is 10.8. The molecule has 0 radical (unpaired) electrons. The minimum atomic E-state index is -0.458. The van der Waals surface area contributed by atoms with Gasteiger partial charge in [-0.05, 0) is 46.1 Å². The molecule has 2 rings (SSSR count). The Balaban J connectivity index is 2.40. The monoisotopic (exact) mass is 336 g/mol. The first-order valence-electron chi connectivity index (χ1n) is 5.93. The normalized spacial score (nSPS) is 10.3. The van der Waals surface area contributed by atoms with E-state index in [0.29, 0.717) is 22.5 Å². The van der Waals surface area contributed by atoms with Crippen molar-refractivity contribution in [3.63, 3.8) is 0 Å². The average molecular weight is 337 g/mol. The molecule has 2 N–H and O–H groups in total. The van der Waals surface area contributed by atoms with Crippen molar-refractivity contribution in [1.29, 1.82) is 0 Å². The molecule has 2 aromatic rings. The Kier molecular flexibility index (Phi) is 4.36. The zero-order chi connectivity index (χ0) is 14.7. The topological polar surface area (TPSA) is 78.4 Å². The van der Waals surface area contributed by atoms with Gasteiger partial charge in [0.05, 0.1) is 4.92 Å². The third kappa shape index (κ3) is 2.97. The maximum absolute atomic E-state index is 10.9. The van der Waals surface area contributed by atoms with Gasteiger partial charge in [-0.1, -0.05) is 18.2 Å². The van der Waals surface area contributed by atoms with E-state index in [0.717, 1.165) is 11.1 Å². The average Bonchev–Trinajstić information content (AvgIpc) is 2.43. The molecule has 0 saturated heterocycles. The van der Waals surface area contributed by atoms with Crippen LogP contribution in [-0.2, 0) is 6.54 Å². The highest BCUT2D eigenvalue weighted by Crippen LogP contribution is 2.37. The molecule has 0 aliphatic carbocycles. The van der Waals surface area contributed by atoms with Gasteiger partial charge >= 0.3 is 0 Å². The molecule has 0 fully saturated rings. The third-order valence-electron chi connectivity index (χ3n) is 2.85. The van der Waals surface area contributed by atoms with E-state index in [1.807, 2.05) is 25.1 Å². The Bertz CT molecular complexity index is 659. The van der Waals surface area contributed by atoms with Crippen molar-refractivity contribution < 1.29 is 9.66 Å². The number of ether oxygens (including phenoxy) is 1. The first-order chi connectivity index (χ1) is 9.52. The number of nitro benzene ring substituents is 1. The van der Waals surface area contributed by atoms with Crippen molar-refractivity contribution in [3.8, 4) is 11.5 Å². The second-order valence-corrected chi connectivity index (χ2v) is 5.05. The SMILES string of the molecule is Cc1ccc(CN)cc1Oc1cccc([N+](=O)[O-])c1Br. The summed E-state index contributed by atoms with van der Waals surface area (Å²) < 4.78 is 6.09. The first kappa shape index (κ1) is 14.5. The minimum Gasteiger partial charge on any atom is -0.456 e. The number of nitro groups is 1. The van der Waals surface area contributed by atoms with Crippen LogP contribution in [0, 0.1) is 17.0 Å². The molecule has 2 aromatic carbocycles. The molecule has 0 bridgehead atoms. The molecule has 5 nitrogen and oxygen atoms in total. The van der Waals surface area contributed by atoms with E-state index in [1.54, 1.807) is 12.1 Å². The van der Waals surface area contributed by atoms with Crippen LogP contribution in [0.2, 0.25) is 0 Å². The lowest BCUT2D eigenvalue weighted by Gasteiger charge is -2.11. The Morgan fingerprint density at radius 1 is 1.30 bits per heavy atom. The molecule has 0 amide bonds. The summed E-state index contributed by atoms with van der Waals surface area (Å²) in [7, 11) is 0. The van der Waals surface area contributed by atoms with E-state index in [2.05, 4.69) is 15.9 Å². The lowest BCUT2D eigenvalue weighted by atomic mass is 10.1. The number of rotatable bonds is 4. The Labute approximate surface area is 124 Å². The number of hydrogen-bond acceptors (Lipinski definition) is 4. The molecule has 104 valence electrons. The summed E-state index contributed by atoms with van der Waals surface area (Å²) in [4.78, 5) is 10.4. The Morgan fingerprint density at radius 2 is 2.05 bits per heavy atom. The van der Waals surface area contributed by atoms with Crippen LogP contribution in [0.25, 0.3) is 0 Å². The largest absolute Gasteiger partial charge is 0.456 e. The summed E-state index contributed by atoms with van der Waals surface area (Å²) in [5.74, 6) is 1.03. The van der Waals surface area contributed by atoms with Crippen molar-refractivity contribution in [2.45, 2.75) is 13.5 Å². The molecule has 0 spiro atoms. The van der Waals surface area contributed by atoms with Crippen LogP contribution >= 0.6 is 15.9 Å². The number of halogens is 1. The zero-order valence-corrected chi connectivity index (χ0v) is 12.4. The van der Waals surface area contributed by atoms with Gasteiger partial charge in [0.2, 0.25) is 0 Å². The summed E-state index contributed by atoms with van der Waals surface area (Å²) in [6.07, 6.45) is 0. The molecule has 0 aromatic heterocycles. The van der Waals surface area contributed by atoms with Crippen LogP contribution in [-0.4, -0.2) is 4.92 Å². The number of hydrogen-bond donors (Lipinski definition) is 1. The Morgan fingerprint density at radius 3 is 2.70 bits per heavy atom. The fraction of sp³-hybridized carbons (Fsp3) is 0.143. The highest BCUT2D eigenvalue weighted by Gasteiger charge is 2.16. The van der Waals surface area contributed by atoms with Gasteiger partial charge in [-0.2, -0.15) is 0 Å². The van der Waals surface area contributed by atoms with Gasteiger partial charge in [-0.25, -0.2) is 0 Å². The maximum Gasteiger partial charge on any atom is 0.287 e. The van der Waals surface area contributed by atoms with E-state index in [1.165, 1.54) is 6.07 Å². The highest BCUT2D eigenvalue weighted by molar-refractivity contribution is 9.10. The van der Waals surface area contributed by atoms with Crippen LogP contribution in [0.3, 0.4) is 0 Å². The summed E-state index contributed by atoms with van der Waals surface area (Å²) in [6.45, 7) is 2.31. The second kappa shape index (κ2) is 6.02. The van der Waals surface area contributed by atoms with Crippen molar-refractivity contribution in [2.75, 3.05) is 0 Å². The van der Waals surface area contributed by atoms with E-state index >= 15 is 0 Å². The molecule has 0 atom stereocenters. The highest BCUT2D eigenvalue weighted by atomic mass is 79.9. The maximum atomic E-state index is 10.9. The van der Waals surface area contributed by atoms with Gasteiger partial charge in [0.1, 0.15) is 16.0 Å². The Hall–Kier alpha value is -1.92. The second-order valence-electron chi connectivity index (χ2n) is 4.25. The number of benzene rings is 2. The molecular formula is C14H13BrN2O3. The van der Waals surface area contributed by atoms with Crippen LogP contribution in [0.15, 0.2) is 40.9 Å². The number of nitrogens with zero attached hydrogens (tertiary/aromatic N) is 1. The molecule has 6 heteroatoms. The van der Waals surface area contributed by atoms with Crippen LogP contribution in [0.1, 0.15) is 11.1 Å². The fourth-order valence-corrected chi connectivity index (χ4v) is 2.21. The lowest BCUT2D eigenvalue weighted by Crippen LogP contribution is -1.98. The van der Waals surface area contributed by atoms with E-state index in [9.17, 15) is 10.1 Å². The van der Waals surface area contributed by atoms with Gasteiger partial charge in [-0.15, -0.1) is 0 Å². The van der Waals surface area contributed by atoms with Crippen LogP contribution in [0.5, 0.6) is 11.5 Å². The van der Waals surface area contributed by atoms with Gasteiger partial charge in [-0.3, -0.25) is 10.1 Å². The van der Waals surface area contributed by atoms with Crippen LogP contribution < -0.4 is 10.5 Å². The molecule has 0 saturated carbocycles. The van der Waals surface area contributed by atoms with Crippen molar-refractivity contribution in [2.24, 2.45) is 5.73 Å². The lowest BCUT2D eigenvalue weighted by molar-refractivity contribution is -0.385. The van der Waals surface area contributed by atoms with Crippen LogP contribution in [0.4, 0.5) is 5.69 Å². The molecular weight excluding hydrogens is 324 g/mol.